The molecular formula is C27H23N3O4S. The summed E-state index contributed by atoms with van der Waals surface area (Å²) in [7, 11) is 0. The van der Waals surface area contributed by atoms with E-state index >= 15 is 0 Å². The summed E-state index contributed by atoms with van der Waals surface area (Å²) in [5, 5.41) is 18.3. The number of anilines is 2. The third-order valence-electron chi connectivity index (χ3n) is 5.48. The molecule has 0 bridgehead atoms. The third-order valence-corrected chi connectivity index (χ3v) is 6.60. The fourth-order valence-electron chi connectivity index (χ4n) is 3.54. The summed E-state index contributed by atoms with van der Waals surface area (Å²) in [5.74, 6) is -0.400. The SMILES string of the molecule is Cc1cc([N+](=O)[O-])ccc1NC(=O)C(C)Sc1ccc(NC(=O)c2ccc3ccccc3c2)cc1. The molecule has 4 aromatic rings. The standard InChI is InChI=1S/C27H23N3O4S/c1-17-15-23(30(33)34)11-14-25(17)29-26(31)18(2)35-24-12-9-22(10-13-24)28-27(32)21-8-7-19-5-3-4-6-20(19)16-21/h3-16,18H,1-2H3,(H,28,32)(H,29,31). The van der Waals surface area contributed by atoms with Crippen LogP contribution in [0.25, 0.3) is 10.8 Å². The molecule has 1 atom stereocenters. The molecule has 0 aliphatic heterocycles. The predicted molar refractivity (Wildman–Crippen MR) is 140 cm³/mol. The summed E-state index contributed by atoms with van der Waals surface area (Å²) in [6.07, 6.45) is 0. The van der Waals surface area contributed by atoms with Gasteiger partial charge in [-0.25, -0.2) is 0 Å². The second-order valence-corrected chi connectivity index (χ2v) is 9.46. The van der Waals surface area contributed by atoms with Crippen LogP contribution in [0.2, 0.25) is 0 Å². The third kappa shape index (κ3) is 5.85. The van der Waals surface area contributed by atoms with Gasteiger partial charge in [-0.3, -0.25) is 19.7 Å². The summed E-state index contributed by atoms with van der Waals surface area (Å²) in [4.78, 5) is 36.6. The predicted octanol–water partition coefficient (Wildman–Crippen LogP) is 6.43. The molecule has 0 spiro atoms. The summed E-state index contributed by atoms with van der Waals surface area (Å²) < 4.78 is 0. The zero-order valence-electron chi connectivity index (χ0n) is 19.1. The van der Waals surface area contributed by atoms with Gasteiger partial charge >= 0.3 is 0 Å². The Kier molecular flexibility index (Phi) is 7.12. The van der Waals surface area contributed by atoms with Gasteiger partial charge < -0.3 is 10.6 Å². The number of rotatable bonds is 7. The second kappa shape index (κ2) is 10.4. The van der Waals surface area contributed by atoms with Crippen molar-refractivity contribution in [1.29, 1.82) is 0 Å². The zero-order chi connectivity index (χ0) is 24.9. The Bertz CT molecular complexity index is 1420. The lowest BCUT2D eigenvalue weighted by Crippen LogP contribution is -2.22. The van der Waals surface area contributed by atoms with Gasteiger partial charge in [-0.05, 0) is 72.6 Å². The number of thioether (sulfide) groups is 1. The van der Waals surface area contributed by atoms with Crippen molar-refractivity contribution in [2.75, 3.05) is 10.6 Å². The number of nitrogens with one attached hydrogen (secondary N) is 2. The highest BCUT2D eigenvalue weighted by Crippen LogP contribution is 2.27. The number of nitro groups is 1. The number of amides is 2. The van der Waals surface area contributed by atoms with E-state index in [0.717, 1.165) is 15.7 Å². The van der Waals surface area contributed by atoms with Gasteiger partial charge in [0.2, 0.25) is 5.91 Å². The first kappa shape index (κ1) is 24.0. The average Bonchev–Trinajstić information content (AvgIpc) is 2.85. The molecule has 8 heteroatoms. The van der Waals surface area contributed by atoms with Crippen molar-refractivity contribution in [2.45, 2.75) is 24.0 Å². The van der Waals surface area contributed by atoms with Gasteiger partial charge in [0.1, 0.15) is 0 Å². The maximum Gasteiger partial charge on any atom is 0.269 e. The first-order valence-electron chi connectivity index (χ1n) is 10.9. The Hall–Kier alpha value is -4.17. The Labute approximate surface area is 206 Å². The highest BCUT2D eigenvalue weighted by molar-refractivity contribution is 8.00. The van der Waals surface area contributed by atoms with Crippen molar-refractivity contribution in [3.63, 3.8) is 0 Å². The molecule has 35 heavy (non-hydrogen) atoms. The molecule has 0 saturated heterocycles. The number of carbonyl (C=O) groups excluding carboxylic acids is 2. The fourth-order valence-corrected chi connectivity index (χ4v) is 4.41. The normalized spacial score (nSPS) is 11.6. The van der Waals surface area contributed by atoms with Gasteiger partial charge in [0.15, 0.2) is 0 Å². The largest absolute Gasteiger partial charge is 0.325 e. The van der Waals surface area contributed by atoms with Crippen LogP contribution in [-0.4, -0.2) is 22.0 Å². The van der Waals surface area contributed by atoms with Crippen molar-refractivity contribution in [3.8, 4) is 0 Å². The Morgan fingerprint density at radius 3 is 2.29 bits per heavy atom. The van der Waals surface area contributed by atoms with Crippen molar-refractivity contribution in [1.82, 2.24) is 0 Å². The van der Waals surface area contributed by atoms with E-state index in [0.29, 0.717) is 22.5 Å². The molecule has 0 aliphatic carbocycles. The van der Waals surface area contributed by atoms with Crippen LogP contribution >= 0.6 is 11.8 Å². The smallest absolute Gasteiger partial charge is 0.269 e. The first-order chi connectivity index (χ1) is 16.8. The molecule has 0 aliphatic rings. The lowest BCUT2D eigenvalue weighted by atomic mass is 10.1. The minimum absolute atomic E-state index is 0.0179. The van der Waals surface area contributed by atoms with Gasteiger partial charge in [-0.15, -0.1) is 11.8 Å². The quantitative estimate of drug-likeness (QED) is 0.178. The minimum atomic E-state index is -0.467. The van der Waals surface area contributed by atoms with E-state index in [1.54, 1.807) is 32.0 Å². The maximum atomic E-state index is 12.7. The lowest BCUT2D eigenvalue weighted by molar-refractivity contribution is -0.384. The second-order valence-electron chi connectivity index (χ2n) is 8.05. The topological polar surface area (TPSA) is 101 Å². The number of carbonyl (C=O) groups is 2. The fraction of sp³-hybridized carbons (Fsp3) is 0.111. The van der Waals surface area contributed by atoms with Gasteiger partial charge in [0, 0.05) is 34.0 Å². The van der Waals surface area contributed by atoms with Crippen LogP contribution in [0.4, 0.5) is 17.1 Å². The molecule has 7 nitrogen and oxygen atoms in total. The number of hydrogen-bond acceptors (Lipinski definition) is 5. The first-order valence-corrected chi connectivity index (χ1v) is 11.8. The van der Waals surface area contributed by atoms with E-state index in [1.165, 1.54) is 30.0 Å². The number of aryl methyl sites for hydroxylation is 1. The highest BCUT2D eigenvalue weighted by Gasteiger charge is 2.17. The highest BCUT2D eigenvalue weighted by atomic mass is 32.2. The Morgan fingerprint density at radius 1 is 0.886 bits per heavy atom. The molecule has 2 amide bonds. The molecule has 1 unspecified atom stereocenters. The molecule has 4 rings (SSSR count). The molecule has 0 heterocycles. The molecule has 2 N–H and O–H groups in total. The van der Waals surface area contributed by atoms with Crippen LogP contribution in [0.15, 0.2) is 89.8 Å². The van der Waals surface area contributed by atoms with E-state index in [9.17, 15) is 19.7 Å². The zero-order valence-corrected chi connectivity index (χ0v) is 20.0. The van der Waals surface area contributed by atoms with Crippen LogP contribution < -0.4 is 10.6 Å². The van der Waals surface area contributed by atoms with Crippen molar-refractivity contribution in [2.24, 2.45) is 0 Å². The lowest BCUT2D eigenvalue weighted by Gasteiger charge is -2.14. The van der Waals surface area contributed by atoms with Crippen LogP contribution in [0, 0.1) is 17.0 Å². The van der Waals surface area contributed by atoms with Gasteiger partial charge in [0.05, 0.1) is 10.2 Å². The van der Waals surface area contributed by atoms with Crippen LogP contribution in [-0.2, 0) is 4.79 Å². The Balaban J connectivity index is 1.35. The number of benzene rings is 4. The summed E-state index contributed by atoms with van der Waals surface area (Å²) in [6.45, 7) is 3.50. The molecular weight excluding hydrogens is 462 g/mol. The number of fused-ring (bicyclic) bond motifs is 1. The van der Waals surface area contributed by atoms with E-state index in [-0.39, 0.29) is 17.5 Å². The summed E-state index contributed by atoms with van der Waals surface area (Å²) in [5.41, 5.74) is 2.38. The van der Waals surface area contributed by atoms with Crippen molar-refractivity contribution < 1.29 is 14.5 Å². The maximum absolute atomic E-state index is 12.7. The van der Waals surface area contributed by atoms with Gasteiger partial charge in [-0.2, -0.15) is 0 Å². The Morgan fingerprint density at radius 2 is 1.60 bits per heavy atom. The van der Waals surface area contributed by atoms with E-state index < -0.39 is 10.2 Å². The monoisotopic (exact) mass is 485 g/mol. The van der Waals surface area contributed by atoms with Crippen molar-refractivity contribution in [3.05, 3.63) is 106 Å². The molecule has 0 fully saturated rings. The van der Waals surface area contributed by atoms with Gasteiger partial charge in [-0.1, -0.05) is 30.3 Å². The van der Waals surface area contributed by atoms with E-state index in [1.807, 2.05) is 48.5 Å². The van der Waals surface area contributed by atoms with Crippen LogP contribution in [0.5, 0.6) is 0 Å². The summed E-state index contributed by atoms with van der Waals surface area (Å²) >= 11 is 1.38. The number of non-ortho nitro benzene ring substituents is 1. The number of hydrogen-bond donors (Lipinski definition) is 2. The van der Waals surface area contributed by atoms with Crippen molar-refractivity contribution >= 4 is 51.4 Å². The van der Waals surface area contributed by atoms with Crippen LogP contribution in [0.3, 0.4) is 0 Å². The molecule has 176 valence electrons. The van der Waals surface area contributed by atoms with E-state index in [4.69, 9.17) is 0 Å². The summed E-state index contributed by atoms with van der Waals surface area (Å²) in [6, 6.07) is 25.1. The van der Waals surface area contributed by atoms with Crippen LogP contribution in [0.1, 0.15) is 22.8 Å². The molecule has 0 aromatic heterocycles. The number of nitro benzene ring substituents is 1. The average molecular weight is 486 g/mol. The molecule has 0 radical (unpaired) electrons. The minimum Gasteiger partial charge on any atom is -0.325 e. The molecule has 0 saturated carbocycles. The molecule has 4 aromatic carbocycles. The number of nitrogens with zero attached hydrogens (tertiary/aromatic N) is 1. The van der Waals surface area contributed by atoms with E-state index in [2.05, 4.69) is 10.6 Å². The van der Waals surface area contributed by atoms with Gasteiger partial charge in [0.25, 0.3) is 11.6 Å².